The Balaban J connectivity index is 1.17. The summed E-state index contributed by atoms with van der Waals surface area (Å²) in [5.74, 6) is 2.06. The van der Waals surface area contributed by atoms with Crippen molar-refractivity contribution in [2.24, 2.45) is 0 Å². The molecule has 1 aromatic heterocycles. The second kappa shape index (κ2) is 13.0. The smallest absolute Gasteiger partial charge is 0.164 e. The quantitative estimate of drug-likeness (QED) is 0.154. The standard InChI is InChI=1S/C48H47N3Si2/c1-48(2)43-18-10-9-15-41(43)42-17-12-16-40(44(42)48)33-21-19-32(20-22-33)36-13-11-14-37(31-36)47-50-45(34-23-27-38(28-24-34)52(3,4)5)49-46(51-47)35-25-29-39(30-26-35)53(6,7)8/h9-31H,1-8H3. The van der Waals surface area contributed by atoms with Crippen molar-refractivity contribution in [3.8, 4) is 67.5 Å². The lowest BCUT2D eigenvalue weighted by atomic mass is 9.79. The third-order valence-electron chi connectivity index (χ3n) is 10.9. The Morgan fingerprint density at radius 2 is 0.811 bits per heavy atom. The van der Waals surface area contributed by atoms with Crippen LogP contribution >= 0.6 is 0 Å². The number of fused-ring (bicyclic) bond motifs is 3. The average molecular weight is 722 g/mol. The first kappa shape index (κ1) is 34.8. The van der Waals surface area contributed by atoms with Crippen LogP contribution in [-0.4, -0.2) is 31.1 Å². The normalized spacial score (nSPS) is 13.4. The molecule has 0 N–H and O–H groups in total. The van der Waals surface area contributed by atoms with Gasteiger partial charge < -0.3 is 0 Å². The fraction of sp³-hybridized carbons (Fsp3) is 0.188. The molecule has 1 aliphatic carbocycles. The van der Waals surface area contributed by atoms with Crippen molar-refractivity contribution >= 4 is 26.5 Å². The van der Waals surface area contributed by atoms with E-state index in [0.29, 0.717) is 17.5 Å². The molecule has 7 aromatic rings. The Labute approximate surface area is 316 Å². The third kappa shape index (κ3) is 6.53. The van der Waals surface area contributed by atoms with Crippen LogP contribution in [0.4, 0.5) is 0 Å². The Hall–Kier alpha value is -5.24. The molecule has 1 heterocycles. The summed E-state index contributed by atoms with van der Waals surface area (Å²) in [5.41, 5.74) is 13.2. The lowest BCUT2D eigenvalue weighted by Gasteiger charge is -2.24. The molecular weight excluding hydrogens is 675 g/mol. The fourth-order valence-electron chi connectivity index (χ4n) is 7.77. The number of hydrogen-bond acceptors (Lipinski definition) is 3. The Morgan fingerprint density at radius 1 is 0.377 bits per heavy atom. The van der Waals surface area contributed by atoms with E-state index in [-0.39, 0.29) is 5.41 Å². The van der Waals surface area contributed by atoms with Crippen molar-refractivity contribution in [2.75, 3.05) is 0 Å². The van der Waals surface area contributed by atoms with Gasteiger partial charge >= 0.3 is 0 Å². The predicted molar refractivity (Wildman–Crippen MR) is 231 cm³/mol. The molecule has 5 heteroatoms. The van der Waals surface area contributed by atoms with Gasteiger partial charge in [0, 0.05) is 22.1 Å². The van der Waals surface area contributed by atoms with Gasteiger partial charge in [-0.05, 0) is 50.6 Å². The van der Waals surface area contributed by atoms with Crippen LogP contribution in [0.15, 0.2) is 140 Å². The van der Waals surface area contributed by atoms with Crippen LogP contribution in [0, 0.1) is 0 Å². The van der Waals surface area contributed by atoms with Crippen LogP contribution in [0.1, 0.15) is 25.0 Å². The van der Waals surface area contributed by atoms with Gasteiger partial charge in [-0.2, -0.15) is 0 Å². The van der Waals surface area contributed by atoms with E-state index >= 15 is 0 Å². The van der Waals surface area contributed by atoms with E-state index in [2.05, 4.69) is 193 Å². The van der Waals surface area contributed by atoms with E-state index in [4.69, 9.17) is 15.0 Å². The molecule has 53 heavy (non-hydrogen) atoms. The molecule has 8 rings (SSSR count). The Morgan fingerprint density at radius 3 is 1.38 bits per heavy atom. The van der Waals surface area contributed by atoms with E-state index in [1.165, 1.54) is 43.8 Å². The van der Waals surface area contributed by atoms with E-state index in [1.54, 1.807) is 0 Å². The first-order valence-corrected chi connectivity index (χ1v) is 25.7. The van der Waals surface area contributed by atoms with Crippen LogP contribution < -0.4 is 10.4 Å². The zero-order valence-electron chi connectivity index (χ0n) is 32.1. The zero-order valence-corrected chi connectivity index (χ0v) is 34.1. The van der Waals surface area contributed by atoms with Crippen LogP contribution in [0.3, 0.4) is 0 Å². The van der Waals surface area contributed by atoms with Gasteiger partial charge in [-0.3, -0.25) is 0 Å². The van der Waals surface area contributed by atoms with Gasteiger partial charge in [0.05, 0.1) is 16.1 Å². The lowest BCUT2D eigenvalue weighted by molar-refractivity contribution is 0.662. The number of aromatic nitrogens is 3. The summed E-state index contributed by atoms with van der Waals surface area (Å²) >= 11 is 0. The number of nitrogens with zero attached hydrogens (tertiary/aromatic N) is 3. The second-order valence-corrected chi connectivity index (χ2v) is 27.2. The van der Waals surface area contributed by atoms with Crippen molar-refractivity contribution in [3.63, 3.8) is 0 Å². The van der Waals surface area contributed by atoms with E-state index in [9.17, 15) is 0 Å². The number of rotatable bonds is 7. The maximum atomic E-state index is 5.10. The summed E-state index contributed by atoms with van der Waals surface area (Å²) in [7, 11) is -2.88. The van der Waals surface area contributed by atoms with Crippen molar-refractivity contribution in [1.29, 1.82) is 0 Å². The Kier molecular flexibility index (Phi) is 8.55. The molecule has 262 valence electrons. The van der Waals surface area contributed by atoms with Gasteiger partial charge in [-0.1, -0.05) is 197 Å². The highest BCUT2D eigenvalue weighted by Crippen LogP contribution is 2.52. The minimum absolute atomic E-state index is 0.0650. The van der Waals surface area contributed by atoms with Gasteiger partial charge in [0.15, 0.2) is 17.5 Å². The predicted octanol–water partition coefficient (Wildman–Crippen LogP) is 11.6. The molecule has 0 saturated carbocycles. The van der Waals surface area contributed by atoms with E-state index in [0.717, 1.165) is 27.8 Å². The van der Waals surface area contributed by atoms with Crippen LogP contribution in [0.2, 0.25) is 39.3 Å². The second-order valence-electron chi connectivity index (χ2n) is 17.0. The van der Waals surface area contributed by atoms with Gasteiger partial charge in [-0.15, -0.1) is 0 Å². The SMILES string of the molecule is CC1(C)c2ccccc2-c2cccc(-c3ccc(-c4cccc(-c5nc(-c6ccc([Si](C)(C)C)cc6)nc(-c6ccc([Si](C)(C)C)cc6)n5)c4)cc3)c21. The molecular formula is C48H47N3Si2. The highest BCUT2D eigenvalue weighted by atomic mass is 28.3. The Bertz CT molecular complexity index is 2390. The summed E-state index contributed by atoms with van der Waals surface area (Å²) in [6.07, 6.45) is 0. The van der Waals surface area contributed by atoms with Crippen LogP contribution in [0.25, 0.3) is 67.5 Å². The highest BCUT2D eigenvalue weighted by molar-refractivity contribution is 6.89. The maximum Gasteiger partial charge on any atom is 0.164 e. The summed E-state index contributed by atoms with van der Waals surface area (Å²) in [5, 5.41) is 2.84. The van der Waals surface area contributed by atoms with Gasteiger partial charge in [-0.25, -0.2) is 15.0 Å². The first-order chi connectivity index (χ1) is 25.3. The van der Waals surface area contributed by atoms with Gasteiger partial charge in [0.1, 0.15) is 0 Å². The molecule has 1 aliphatic rings. The minimum Gasteiger partial charge on any atom is -0.208 e. The van der Waals surface area contributed by atoms with Crippen molar-refractivity contribution in [1.82, 2.24) is 15.0 Å². The summed E-state index contributed by atoms with van der Waals surface area (Å²) in [4.78, 5) is 15.2. The minimum atomic E-state index is -1.44. The largest absolute Gasteiger partial charge is 0.208 e. The molecule has 0 aliphatic heterocycles. The molecule has 0 fully saturated rings. The zero-order chi connectivity index (χ0) is 37.1. The van der Waals surface area contributed by atoms with E-state index < -0.39 is 16.1 Å². The number of hydrogen-bond donors (Lipinski definition) is 0. The van der Waals surface area contributed by atoms with Gasteiger partial charge in [0.25, 0.3) is 0 Å². The maximum absolute atomic E-state index is 5.10. The topological polar surface area (TPSA) is 38.7 Å². The molecule has 0 spiro atoms. The molecule has 0 radical (unpaired) electrons. The first-order valence-electron chi connectivity index (χ1n) is 18.7. The monoisotopic (exact) mass is 721 g/mol. The highest BCUT2D eigenvalue weighted by Gasteiger charge is 2.37. The molecule has 6 aromatic carbocycles. The molecule has 3 nitrogen and oxygen atoms in total. The van der Waals surface area contributed by atoms with Crippen molar-refractivity contribution in [3.05, 3.63) is 151 Å². The molecule has 0 bridgehead atoms. The summed E-state index contributed by atoms with van der Waals surface area (Å²) in [6, 6.07) is 50.9. The molecule has 0 amide bonds. The average Bonchev–Trinajstić information content (AvgIpc) is 3.40. The molecule has 0 saturated heterocycles. The van der Waals surface area contributed by atoms with Crippen LogP contribution in [-0.2, 0) is 5.41 Å². The summed E-state index contributed by atoms with van der Waals surface area (Å²) in [6.45, 7) is 18.9. The van der Waals surface area contributed by atoms with Crippen molar-refractivity contribution < 1.29 is 0 Å². The van der Waals surface area contributed by atoms with Crippen molar-refractivity contribution in [2.45, 2.75) is 58.5 Å². The third-order valence-corrected chi connectivity index (χ3v) is 15.0. The van der Waals surface area contributed by atoms with Gasteiger partial charge in [0.2, 0.25) is 0 Å². The lowest BCUT2D eigenvalue weighted by Crippen LogP contribution is -2.37. The number of benzene rings is 6. The molecule has 0 unspecified atom stereocenters. The molecule has 0 atom stereocenters. The summed E-state index contributed by atoms with van der Waals surface area (Å²) < 4.78 is 0. The fourth-order valence-corrected chi connectivity index (χ4v) is 10.1. The van der Waals surface area contributed by atoms with E-state index in [1.807, 2.05) is 0 Å². The van der Waals surface area contributed by atoms with Crippen LogP contribution in [0.5, 0.6) is 0 Å².